The Morgan fingerprint density at radius 3 is 2.45 bits per heavy atom. The summed E-state index contributed by atoms with van der Waals surface area (Å²) >= 11 is 0. The highest BCUT2D eigenvalue weighted by molar-refractivity contribution is 5.70. The number of anilines is 1. The molecule has 1 aliphatic heterocycles. The lowest BCUT2D eigenvalue weighted by Gasteiger charge is -2.43. The quantitative estimate of drug-likeness (QED) is 0.268. The predicted octanol–water partition coefficient (Wildman–Crippen LogP) is 6.80. The molecular formula is C29H27F3N4O2. The third-order valence-electron chi connectivity index (χ3n) is 7.07. The fourth-order valence-corrected chi connectivity index (χ4v) is 4.89. The summed E-state index contributed by atoms with van der Waals surface area (Å²) in [7, 11) is 0. The van der Waals surface area contributed by atoms with Gasteiger partial charge < -0.3 is 19.9 Å². The average molecular weight is 521 g/mol. The zero-order valence-electron chi connectivity index (χ0n) is 20.8. The number of hydrogen-bond donors (Lipinski definition) is 2. The lowest BCUT2D eigenvalue weighted by Crippen LogP contribution is -2.49. The number of nitrogens with one attached hydrogen (secondary N) is 2. The monoisotopic (exact) mass is 520 g/mol. The highest BCUT2D eigenvalue weighted by Gasteiger charge is 2.43. The van der Waals surface area contributed by atoms with Crippen LogP contribution in [0.25, 0.3) is 11.1 Å². The summed E-state index contributed by atoms with van der Waals surface area (Å²) in [4.78, 5) is 22.1. The summed E-state index contributed by atoms with van der Waals surface area (Å²) in [6, 6.07) is 16.4. The van der Waals surface area contributed by atoms with Crippen LogP contribution in [0.1, 0.15) is 36.9 Å². The van der Waals surface area contributed by atoms with Gasteiger partial charge in [-0.2, -0.15) is 0 Å². The third-order valence-corrected chi connectivity index (χ3v) is 7.07. The number of ether oxygens (including phenoxy) is 1. The highest BCUT2D eigenvalue weighted by Crippen LogP contribution is 2.40. The third kappa shape index (κ3) is 5.22. The van der Waals surface area contributed by atoms with Gasteiger partial charge in [-0.05, 0) is 47.9 Å². The molecule has 38 heavy (non-hydrogen) atoms. The summed E-state index contributed by atoms with van der Waals surface area (Å²) in [6.45, 7) is 2.81. The van der Waals surface area contributed by atoms with E-state index in [1.807, 2.05) is 19.1 Å². The molecule has 0 saturated carbocycles. The minimum atomic E-state index is -0.926. The van der Waals surface area contributed by atoms with Crippen molar-refractivity contribution in [3.63, 3.8) is 0 Å². The van der Waals surface area contributed by atoms with Crippen LogP contribution in [0.3, 0.4) is 0 Å². The Hall–Kier alpha value is -4.27. The standard InChI is InChI=1S/C29H27F3N4O2/c1-19(20-2-4-21(5-3-20)25-11-10-24(31)18-26(25)32)36-17-13-29(38-28(36)37,22-6-8-23(30)9-7-22)12-14-33-27-34-15-16-35-27/h2-11,15-16,18-19H,12-14,17H2,1H3,(H2,33,34,35)/t19-,29?/m0/s1. The van der Waals surface area contributed by atoms with E-state index in [4.69, 9.17) is 4.74 Å². The predicted molar refractivity (Wildman–Crippen MR) is 138 cm³/mol. The normalized spacial score (nSPS) is 18.2. The van der Waals surface area contributed by atoms with E-state index >= 15 is 0 Å². The molecule has 0 bridgehead atoms. The molecule has 4 aromatic rings. The molecule has 1 saturated heterocycles. The molecule has 1 amide bonds. The van der Waals surface area contributed by atoms with E-state index in [1.54, 1.807) is 41.6 Å². The molecule has 1 aliphatic rings. The van der Waals surface area contributed by atoms with E-state index in [0.29, 0.717) is 43.0 Å². The van der Waals surface area contributed by atoms with Crippen molar-refractivity contribution in [1.82, 2.24) is 14.9 Å². The number of cyclic esters (lactones) is 1. The number of aromatic nitrogens is 2. The molecule has 1 aromatic heterocycles. The SMILES string of the molecule is C[C@@H](c1ccc(-c2ccc(F)cc2F)cc1)N1CCC(CCNc2ncc[nH]2)(c2ccc(F)cc2)OC1=O. The maximum Gasteiger partial charge on any atom is 0.411 e. The number of nitrogens with zero attached hydrogens (tertiary/aromatic N) is 2. The zero-order chi connectivity index (χ0) is 26.7. The summed E-state index contributed by atoms with van der Waals surface area (Å²) < 4.78 is 47.2. The number of H-pyrrole nitrogens is 1. The molecule has 6 nitrogen and oxygen atoms in total. The molecule has 5 rings (SSSR count). The second kappa shape index (κ2) is 10.6. The Morgan fingerprint density at radius 2 is 1.79 bits per heavy atom. The molecule has 1 unspecified atom stereocenters. The Kier molecular flexibility index (Phi) is 7.09. The van der Waals surface area contributed by atoms with Gasteiger partial charge >= 0.3 is 6.09 Å². The average Bonchev–Trinajstić information content (AvgIpc) is 3.43. The molecule has 0 aliphatic carbocycles. The molecule has 2 N–H and O–H groups in total. The van der Waals surface area contributed by atoms with E-state index < -0.39 is 23.3 Å². The fraction of sp³-hybridized carbons (Fsp3) is 0.241. The lowest BCUT2D eigenvalue weighted by atomic mass is 9.85. The van der Waals surface area contributed by atoms with E-state index in [9.17, 15) is 18.0 Å². The Morgan fingerprint density at radius 1 is 1.05 bits per heavy atom. The van der Waals surface area contributed by atoms with Gasteiger partial charge in [-0.25, -0.2) is 22.9 Å². The van der Waals surface area contributed by atoms with Gasteiger partial charge in [0.05, 0.1) is 6.04 Å². The van der Waals surface area contributed by atoms with E-state index in [-0.39, 0.29) is 11.9 Å². The number of imidazole rings is 1. The van der Waals surface area contributed by atoms with Gasteiger partial charge in [0.15, 0.2) is 5.95 Å². The maximum atomic E-state index is 14.2. The first-order valence-corrected chi connectivity index (χ1v) is 12.4. The maximum absolute atomic E-state index is 14.2. The second-order valence-corrected chi connectivity index (χ2v) is 9.35. The van der Waals surface area contributed by atoms with Crippen molar-refractivity contribution in [2.24, 2.45) is 0 Å². The zero-order valence-corrected chi connectivity index (χ0v) is 20.8. The largest absolute Gasteiger partial charge is 0.438 e. The van der Waals surface area contributed by atoms with Crippen LogP contribution in [-0.4, -0.2) is 34.1 Å². The summed E-state index contributed by atoms with van der Waals surface area (Å²) in [6.07, 6.45) is 3.85. The van der Waals surface area contributed by atoms with Crippen LogP contribution in [0, 0.1) is 17.5 Å². The van der Waals surface area contributed by atoms with Crippen molar-refractivity contribution in [1.29, 1.82) is 0 Å². The molecule has 2 atom stereocenters. The van der Waals surface area contributed by atoms with E-state index in [0.717, 1.165) is 17.2 Å². The minimum absolute atomic E-state index is 0.301. The number of benzene rings is 3. The molecule has 0 spiro atoms. The minimum Gasteiger partial charge on any atom is -0.438 e. The van der Waals surface area contributed by atoms with Crippen molar-refractivity contribution >= 4 is 12.0 Å². The number of carbonyl (C=O) groups excluding carboxylic acids is 1. The topological polar surface area (TPSA) is 70.2 Å². The van der Waals surface area contributed by atoms with Gasteiger partial charge in [-0.1, -0.05) is 36.4 Å². The number of halogens is 3. The number of carbonyl (C=O) groups is 1. The Bertz CT molecular complexity index is 1390. The highest BCUT2D eigenvalue weighted by atomic mass is 19.1. The molecule has 0 radical (unpaired) electrons. The number of hydrogen-bond acceptors (Lipinski definition) is 4. The van der Waals surface area contributed by atoms with Gasteiger partial charge in [0.2, 0.25) is 0 Å². The Labute approximate surface area is 218 Å². The second-order valence-electron chi connectivity index (χ2n) is 9.35. The molecular weight excluding hydrogens is 493 g/mol. The van der Waals surface area contributed by atoms with Crippen molar-refractivity contribution in [3.05, 3.63) is 108 Å². The van der Waals surface area contributed by atoms with Crippen LogP contribution >= 0.6 is 0 Å². The smallest absolute Gasteiger partial charge is 0.411 e. The van der Waals surface area contributed by atoms with Crippen LogP contribution in [-0.2, 0) is 10.3 Å². The van der Waals surface area contributed by atoms with Gasteiger partial charge in [0.1, 0.15) is 23.1 Å². The molecule has 2 heterocycles. The summed E-state index contributed by atoms with van der Waals surface area (Å²) in [5.41, 5.74) is 1.56. The van der Waals surface area contributed by atoms with Crippen LogP contribution < -0.4 is 5.32 Å². The van der Waals surface area contributed by atoms with Crippen molar-refractivity contribution in [3.8, 4) is 11.1 Å². The first-order valence-electron chi connectivity index (χ1n) is 12.4. The van der Waals surface area contributed by atoms with Crippen molar-refractivity contribution in [2.75, 3.05) is 18.4 Å². The van der Waals surface area contributed by atoms with Gasteiger partial charge in [0, 0.05) is 50.0 Å². The van der Waals surface area contributed by atoms with Crippen molar-refractivity contribution in [2.45, 2.75) is 31.4 Å². The van der Waals surface area contributed by atoms with Gasteiger partial charge in [0.25, 0.3) is 0 Å². The molecule has 196 valence electrons. The Balaban J connectivity index is 1.32. The summed E-state index contributed by atoms with van der Waals surface area (Å²) in [5, 5.41) is 3.19. The number of rotatable bonds is 8. The number of amides is 1. The van der Waals surface area contributed by atoms with Gasteiger partial charge in [-0.3, -0.25) is 0 Å². The van der Waals surface area contributed by atoms with Crippen molar-refractivity contribution < 1.29 is 22.7 Å². The van der Waals surface area contributed by atoms with Gasteiger partial charge in [-0.15, -0.1) is 0 Å². The molecule has 9 heteroatoms. The van der Waals surface area contributed by atoms with E-state index in [2.05, 4.69) is 15.3 Å². The van der Waals surface area contributed by atoms with Crippen LogP contribution in [0.5, 0.6) is 0 Å². The fourth-order valence-electron chi connectivity index (χ4n) is 4.89. The summed E-state index contributed by atoms with van der Waals surface area (Å²) in [5.74, 6) is -1.02. The van der Waals surface area contributed by atoms with Crippen LogP contribution in [0.2, 0.25) is 0 Å². The number of aromatic amines is 1. The van der Waals surface area contributed by atoms with E-state index in [1.165, 1.54) is 24.3 Å². The first kappa shape index (κ1) is 25.4. The lowest BCUT2D eigenvalue weighted by molar-refractivity contribution is -0.0635. The van der Waals surface area contributed by atoms with Crippen LogP contribution in [0.4, 0.5) is 23.9 Å². The molecule has 1 fully saturated rings. The van der Waals surface area contributed by atoms with Crippen LogP contribution in [0.15, 0.2) is 79.1 Å². The molecule has 3 aromatic carbocycles. The first-order chi connectivity index (χ1) is 18.3.